The number of rotatable bonds is 5. The molecule has 0 unspecified atom stereocenters. The van der Waals surface area contributed by atoms with E-state index in [9.17, 15) is 4.79 Å². The van der Waals surface area contributed by atoms with Crippen LogP contribution in [0.5, 0.6) is 0 Å². The molecule has 0 saturated carbocycles. The van der Waals surface area contributed by atoms with Crippen molar-refractivity contribution in [1.29, 1.82) is 0 Å². The molecule has 4 rings (SSSR count). The Balaban J connectivity index is 1.58. The molecule has 1 aromatic carbocycles. The maximum absolute atomic E-state index is 11.2. The van der Waals surface area contributed by atoms with Crippen molar-refractivity contribution in [3.8, 4) is 0 Å². The lowest BCUT2D eigenvalue weighted by atomic mass is 9.89. The standard InChI is InChI=1S/C22H25NOS3/c1-15(24)4-3-10-23-11-7-16(8-12-23)21-18-6-5-17(25-2)14-20(18)27-22-19(21)9-13-26-22/h5-6,9,13-14H,3-4,7-8,10-12H2,1-2H3. The van der Waals surface area contributed by atoms with Crippen molar-refractivity contribution in [2.75, 3.05) is 25.9 Å². The van der Waals surface area contributed by atoms with Crippen LogP contribution in [0.1, 0.15) is 43.7 Å². The van der Waals surface area contributed by atoms with E-state index < -0.39 is 0 Å². The fraction of sp³-hybridized carbons (Fsp3) is 0.409. The summed E-state index contributed by atoms with van der Waals surface area (Å²) in [5, 5.41) is 2.23. The van der Waals surface area contributed by atoms with Gasteiger partial charge in [0.2, 0.25) is 0 Å². The molecule has 2 aromatic rings. The number of carbonyl (C=O) groups excluding carboxylic acids is 1. The van der Waals surface area contributed by atoms with Crippen LogP contribution in [0.3, 0.4) is 0 Å². The summed E-state index contributed by atoms with van der Waals surface area (Å²) in [4.78, 5) is 16.4. The largest absolute Gasteiger partial charge is 0.303 e. The molecule has 0 atom stereocenters. The fourth-order valence-corrected chi connectivity index (χ4v) is 6.67. The third-order valence-corrected chi connectivity index (χ3v) is 8.31. The van der Waals surface area contributed by atoms with E-state index >= 15 is 0 Å². The molecule has 142 valence electrons. The maximum Gasteiger partial charge on any atom is 0.129 e. The summed E-state index contributed by atoms with van der Waals surface area (Å²) in [6.07, 6.45) is 6.13. The van der Waals surface area contributed by atoms with Crippen LogP contribution in [-0.4, -0.2) is 36.6 Å². The number of hydrogen-bond donors (Lipinski definition) is 0. The van der Waals surface area contributed by atoms with E-state index in [1.807, 2.05) is 34.9 Å². The highest BCUT2D eigenvalue weighted by atomic mass is 32.2. The van der Waals surface area contributed by atoms with Crippen molar-refractivity contribution in [3.05, 3.63) is 46.3 Å². The second kappa shape index (κ2) is 8.56. The summed E-state index contributed by atoms with van der Waals surface area (Å²) in [7, 11) is 0. The summed E-state index contributed by atoms with van der Waals surface area (Å²) in [6.45, 7) is 4.97. The first-order valence-electron chi connectivity index (χ1n) is 9.53. The van der Waals surface area contributed by atoms with Crippen LogP contribution in [0, 0.1) is 0 Å². The average Bonchev–Trinajstić information content (AvgIpc) is 3.14. The Morgan fingerprint density at radius 1 is 1.19 bits per heavy atom. The molecule has 5 heteroatoms. The lowest BCUT2D eigenvalue weighted by molar-refractivity contribution is -0.117. The SMILES string of the molecule is CSc1ccc2c(c1)Sc1sccc1C2=C1CCN(CCCC(C)=O)CC1. The minimum Gasteiger partial charge on any atom is -0.303 e. The molecule has 1 aromatic heterocycles. The van der Waals surface area contributed by atoms with Gasteiger partial charge in [-0.25, -0.2) is 0 Å². The molecule has 0 bridgehead atoms. The number of fused-ring (bicyclic) bond motifs is 2. The number of likely N-dealkylation sites (tertiary alicyclic amines) is 1. The lowest BCUT2D eigenvalue weighted by Crippen LogP contribution is -2.32. The topological polar surface area (TPSA) is 20.3 Å². The first-order chi connectivity index (χ1) is 13.2. The van der Waals surface area contributed by atoms with Gasteiger partial charge in [-0.3, -0.25) is 0 Å². The van der Waals surface area contributed by atoms with Crippen molar-refractivity contribution in [3.63, 3.8) is 0 Å². The fourth-order valence-electron chi connectivity index (χ4n) is 3.95. The number of carbonyl (C=O) groups is 1. The molecule has 1 saturated heterocycles. The predicted molar refractivity (Wildman–Crippen MR) is 118 cm³/mol. The number of ketones is 1. The maximum atomic E-state index is 11.2. The zero-order valence-electron chi connectivity index (χ0n) is 15.9. The van der Waals surface area contributed by atoms with E-state index in [2.05, 4.69) is 40.8 Å². The minimum atomic E-state index is 0.306. The number of benzene rings is 1. The van der Waals surface area contributed by atoms with Gasteiger partial charge in [0.25, 0.3) is 0 Å². The van der Waals surface area contributed by atoms with Gasteiger partial charge in [-0.05, 0) is 73.7 Å². The third kappa shape index (κ3) is 4.21. The van der Waals surface area contributed by atoms with Crippen molar-refractivity contribution >= 4 is 46.2 Å². The number of Topliss-reactive ketones (excluding diaryl/α,β-unsaturated/α-hetero) is 1. The van der Waals surface area contributed by atoms with E-state index in [-0.39, 0.29) is 0 Å². The smallest absolute Gasteiger partial charge is 0.129 e. The molecular weight excluding hydrogens is 390 g/mol. The molecular formula is C22H25NOS3. The van der Waals surface area contributed by atoms with Crippen LogP contribution in [0.2, 0.25) is 0 Å². The van der Waals surface area contributed by atoms with Gasteiger partial charge in [-0.2, -0.15) is 0 Å². The molecule has 0 aliphatic carbocycles. The lowest BCUT2D eigenvalue weighted by Gasteiger charge is -2.31. The molecule has 2 aliphatic rings. The van der Waals surface area contributed by atoms with Gasteiger partial charge < -0.3 is 9.69 Å². The molecule has 3 heterocycles. The summed E-state index contributed by atoms with van der Waals surface area (Å²) in [5.41, 5.74) is 5.96. The van der Waals surface area contributed by atoms with Crippen LogP contribution in [-0.2, 0) is 4.79 Å². The Hall–Kier alpha value is -1.01. The molecule has 0 spiro atoms. The monoisotopic (exact) mass is 415 g/mol. The molecule has 0 radical (unpaired) electrons. The van der Waals surface area contributed by atoms with Gasteiger partial charge in [0.05, 0.1) is 4.21 Å². The number of piperidine rings is 1. The van der Waals surface area contributed by atoms with Gasteiger partial charge in [0.15, 0.2) is 0 Å². The number of thiophene rings is 1. The second-order valence-electron chi connectivity index (χ2n) is 7.21. The van der Waals surface area contributed by atoms with E-state index in [1.54, 1.807) is 12.5 Å². The van der Waals surface area contributed by atoms with Gasteiger partial charge in [0.1, 0.15) is 5.78 Å². The normalized spacial score (nSPS) is 17.0. The van der Waals surface area contributed by atoms with Crippen LogP contribution in [0.25, 0.3) is 5.57 Å². The predicted octanol–water partition coefficient (Wildman–Crippen LogP) is 6.20. The van der Waals surface area contributed by atoms with Crippen molar-refractivity contribution in [2.24, 2.45) is 0 Å². The van der Waals surface area contributed by atoms with Crippen molar-refractivity contribution in [2.45, 2.75) is 46.6 Å². The first kappa shape index (κ1) is 19.3. The quantitative estimate of drug-likeness (QED) is 0.462. The van der Waals surface area contributed by atoms with Crippen molar-refractivity contribution < 1.29 is 4.79 Å². The summed E-state index contributed by atoms with van der Waals surface area (Å²) in [5.74, 6) is 0.306. The van der Waals surface area contributed by atoms with E-state index in [1.165, 1.54) is 30.7 Å². The minimum absolute atomic E-state index is 0.306. The Labute approximate surface area is 174 Å². The van der Waals surface area contributed by atoms with Crippen LogP contribution in [0.15, 0.2) is 49.2 Å². The van der Waals surface area contributed by atoms with E-state index in [4.69, 9.17) is 0 Å². The highest BCUT2D eigenvalue weighted by molar-refractivity contribution is 8.01. The highest BCUT2D eigenvalue weighted by Gasteiger charge is 2.26. The van der Waals surface area contributed by atoms with Gasteiger partial charge in [0, 0.05) is 34.9 Å². The molecule has 27 heavy (non-hydrogen) atoms. The number of nitrogens with zero attached hydrogens (tertiary/aromatic N) is 1. The number of hydrogen-bond acceptors (Lipinski definition) is 5. The molecule has 1 fully saturated rings. The Kier molecular flexibility index (Phi) is 6.12. The Morgan fingerprint density at radius 2 is 2.00 bits per heavy atom. The first-order valence-corrected chi connectivity index (χ1v) is 12.5. The van der Waals surface area contributed by atoms with Crippen molar-refractivity contribution in [1.82, 2.24) is 4.90 Å². The molecule has 0 N–H and O–H groups in total. The van der Waals surface area contributed by atoms with Crippen LogP contribution >= 0.6 is 34.9 Å². The number of thioether (sulfide) groups is 1. The Morgan fingerprint density at radius 3 is 2.74 bits per heavy atom. The molecule has 2 nitrogen and oxygen atoms in total. The van der Waals surface area contributed by atoms with Gasteiger partial charge in [-0.15, -0.1) is 23.1 Å². The molecule has 2 aliphatic heterocycles. The highest BCUT2D eigenvalue weighted by Crippen LogP contribution is 2.50. The average molecular weight is 416 g/mol. The summed E-state index contributed by atoms with van der Waals surface area (Å²) < 4.78 is 1.44. The van der Waals surface area contributed by atoms with Gasteiger partial charge >= 0.3 is 0 Å². The second-order valence-corrected chi connectivity index (χ2v) is 10.3. The molecule has 0 amide bonds. The summed E-state index contributed by atoms with van der Waals surface area (Å²) in [6, 6.07) is 9.25. The van der Waals surface area contributed by atoms with E-state index in [0.717, 1.165) is 38.9 Å². The van der Waals surface area contributed by atoms with Gasteiger partial charge in [-0.1, -0.05) is 23.4 Å². The third-order valence-electron chi connectivity index (χ3n) is 5.38. The zero-order valence-corrected chi connectivity index (χ0v) is 18.4. The van der Waals surface area contributed by atoms with E-state index in [0.29, 0.717) is 12.2 Å². The Bertz CT molecular complexity index is 873. The zero-order chi connectivity index (χ0) is 18.8. The van der Waals surface area contributed by atoms with Crippen LogP contribution in [0.4, 0.5) is 0 Å². The summed E-state index contributed by atoms with van der Waals surface area (Å²) >= 11 is 5.61. The van der Waals surface area contributed by atoms with Crippen LogP contribution < -0.4 is 0 Å².